The summed E-state index contributed by atoms with van der Waals surface area (Å²) in [4.78, 5) is 30.4. The van der Waals surface area contributed by atoms with Crippen LogP contribution in [0.5, 0.6) is 0 Å². The van der Waals surface area contributed by atoms with E-state index in [1.165, 1.54) is 36.5 Å². The summed E-state index contributed by atoms with van der Waals surface area (Å²) in [6.07, 6.45) is 2.67. The first kappa shape index (κ1) is 43.2. The molecule has 4 aromatic carbocycles. The van der Waals surface area contributed by atoms with E-state index >= 15 is 0 Å². The van der Waals surface area contributed by atoms with E-state index in [0.717, 1.165) is 11.5 Å². The van der Waals surface area contributed by atoms with Crippen LogP contribution >= 0.6 is 34.8 Å². The van der Waals surface area contributed by atoms with Gasteiger partial charge >= 0.3 is 7.12 Å². The number of rotatable bonds is 4. The van der Waals surface area contributed by atoms with Gasteiger partial charge in [0.05, 0.1) is 22.3 Å². The van der Waals surface area contributed by atoms with E-state index in [2.05, 4.69) is 15.1 Å². The Kier molecular flexibility index (Phi) is 18.5. The quantitative estimate of drug-likeness (QED) is 0.0410. The Hall–Kier alpha value is -4.78. The number of hydrogen-bond acceptors (Lipinski definition) is 8. The van der Waals surface area contributed by atoms with Gasteiger partial charge in [0, 0.05) is 38.2 Å². The molecule has 50 heavy (non-hydrogen) atoms. The number of carbonyl (C=O) groups excluding carboxylic acids is 2. The highest BCUT2D eigenvalue weighted by Crippen LogP contribution is 2.29. The number of fused-ring (bicyclic) bond motifs is 2. The SMILES string of the molecule is C.C.C/C=N\O.O=Cc1cc2c(Cl)cccc2nc1-c1cccc(F)c1.O=Cc1cc2c(Cl)cccc2nc1Cl.OB(O)c1cccc(F)c1. The lowest BCUT2D eigenvalue weighted by Gasteiger charge is -2.08. The van der Waals surface area contributed by atoms with Crippen LogP contribution in [0.1, 0.15) is 42.5 Å². The predicted octanol–water partition coefficient (Wildman–Crippen LogP) is 9.10. The van der Waals surface area contributed by atoms with Gasteiger partial charge in [-0.1, -0.05) is 86.1 Å². The smallest absolute Gasteiger partial charge is 0.423 e. The average molecular weight is 743 g/mol. The lowest BCUT2D eigenvalue weighted by atomic mass is 9.80. The highest BCUT2D eigenvalue weighted by atomic mass is 35.5. The van der Waals surface area contributed by atoms with Crippen molar-refractivity contribution in [1.82, 2.24) is 9.97 Å². The third-order valence-corrected chi connectivity index (χ3v) is 7.20. The zero-order valence-electron chi connectivity index (χ0n) is 24.9. The van der Waals surface area contributed by atoms with Gasteiger partial charge in [0.2, 0.25) is 0 Å². The molecule has 2 heterocycles. The molecule has 0 spiro atoms. The standard InChI is InChI=1S/C16H9ClFNO.C10H5Cl2NO.C6H6BFO2.C2H5NO.2CH4/c17-14-5-2-6-15-13(14)8-11(9-20)16(19-15)10-3-1-4-12(18)7-10;11-8-2-1-3-9-7(8)4-6(5-14)10(12)13-9;8-6-3-1-2-5(4-6)7(9)10;1-2-3-4;;/h1-9H;1-5H;1-4,9-10H;2,4H,1H3;2*1H4/b;;;3-2-;;. The molecule has 0 bridgehead atoms. The van der Waals surface area contributed by atoms with Crippen LogP contribution in [0, 0.1) is 11.6 Å². The summed E-state index contributed by atoms with van der Waals surface area (Å²) in [5, 5.41) is 29.9. The second-order valence-electron chi connectivity index (χ2n) is 9.46. The van der Waals surface area contributed by atoms with E-state index < -0.39 is 12.9 Å². The summed E-state index contributed by atoms with van der Waals surface area (Å²) in [5.41, 5.74) is 3.28. The molecular formula is C36H33BCl3F2N3O5. The molecule has 0 fully saturated rings. The van der Waals surface area contributed by atoms with Crippen molar-refractivity contribution < 1.29 is 33.6 Å². The first-order valence-electron chi connectivity index (χ1n) is 13.8. The Bertz CT molecular complexity index is 2070. The molecule has 6 aromatic rings. The number of nitrogens with zero attached hydrogens (tertiary/aromatic N) is 3. The van der Waals surface area contributed by atoms with Gasteiger partial charge in [0.25, 0.3) is 0 Å². The fourth-order valence-corrected chi connectivity index (χ4v) is 4.67. The zero-order valence-corrected chi connectivity index (χ0v) is 27.2. The van der Waals surface area contributed by atoms with Crippen molar-refractivity contribution in [3.63, 3.8) is 0 Å². The van der Waals surface area contributed by atoms with E-state index in [1.54, 1.807) is 67.6 Å². The molecule has 0 radical (unpaired) electrons. The molecule has 0 aliphatic rings. The number of aromatic nitrogens is 2. The van der Waals surface area contributed by atoms with Crippen molar-refractivity contribution in [2.24, 2.45) is 5.16 Å². The van der Waals surface area contributed by atoms with Crippen LogP contribution < -0.4 is 5.46 Å². The highest BCUT2D eigenvalue weighted by Gasteiger charge is 2.12. The van der Waals surface area contributed by atoms with Gasteiger partial charge in [-0.15, -0.1) is 5.16 Å². The van der Waals surface area contributed by atoms with Crippen molar-refractivity contribution in [2.45, 2.75) is 21.8 Å². The first-order valence-corrected chi connectivity index (χ1v) is 14.9. The van der Waals surface area contributed by atoms with Crippen LogP contribution in [-0.2, 0) is 0 Å². The van der Waals surface area contributed by atoms with E-state index in [0.29, 0.717) is 61.4 Å². The Morgan fingerprint density at radius 2 is 1.18 bits per heavy atom. The molecule has 0 unspecified atom stereocenters. The van der Waals surface area contributed by atoms with Crippen LogP contribution in [0.15, 0.2) is 102 Å². The van der Waals surface area contributed by atoms with Crippen LogP contribution in [0.3, 0.4) is 0 Å². The van der Waals surface area contributed by atoms with Crippen molar-refractivity contribution in [2.75, 3.05) is 0 Å². The lowest BCUT2D eigenvalue weighted by molar-refractivity contribution is 0.111. The monoisotopic (exact) mass is 741 g/mol. The van der Waals surface area contributed by atoms with E-state index in [1.807, 2.05) is 0 Å². The van der Waals surface area contributed by atoms with Gasteiger partial charge in [-0.25, -0.2) is 18.7 Å². The number of hydrogen-bond donors (Lipinski definition) is 3. The molecule has 0 aliphatic heterocycles. The molecule has 0 saturated heterocycles. The Balaban J connectivity index is 0.000000366. The maximum atomic E-state index is 13.3. The van der Waals surface area contributed by atoms with Crippen LogP contribution in [0.25, 0.3) is 33.1 Å². The molecule has 3 N–H and O–H groups in total. The molecule has 0 aliphatic carbocycles. The topological polar surface area (TPSA) is 133 Å². The van der Waals surface area contributed by atoms with Crippen LogP contribution in [0.2, 0.25) is 15.2 Å². The third-order valence-electron chi connectivity index (χ3n) is 6.24. The van der Waals surface area contributed by atoms with E-state index in [9.17, 15) is 18.4 Å². The maximum Gasteiger partial charge on any atom is 0.488 e. The summed E-state index contributed by atoms with van der Waals surface area (Å²) in [5.74, 6) is -0.835. The van der Waals surface area contributed by atoms with Crippen LogP contribution in [-0.4, -0.2) is 51.1 Å². The van der Waals surface area contributed by atoms with Crippen molar-refractivity contribution in [1.29, 1.82) is 0 Å². The van der Waals surface area contributed by atoms with E-state index in [-0.39, 0.29) is 31.3 Å². The average Bonchev–Trinajstić information content (AvgIpc) is 3.08. The number of benzene rings is 4. The van der Waals surface area contributed by atoms with Gasteiger partial charge < -0.3 is 15.3 Å². The largest absolute Gasteiger partial charge is 0.488 e. The predicted molar refractivity (Wildman–Crippen MR) is 200 cm³/mol. The number of aldehydes is 2. The molecule has 6 rings (SSSR count). The van der Waals surface area contributed by atoms with Crippen molar-refractivity contribution in [3.8, 4) is 11.3 Å². The number of pyridine rings is 2. The maximum absolute atomic E-state index is 13.3. The molecule has 2 aromatic heterocycles. The minimum atomic E-state index is -1.59. The highest BCUT2D eigenvalue weighted by molar-refractivity contribution is 6.58. The van der Waals surface area contributed by atoms with Gasteiger partial charge in [-0.2, -0.15) is 0 Å². The minimum absolute atomic E-state index is 0. The first-order chi connectivity index (χ1) is 23.0. The van der Waals surface area contributed by atoms with Gasteiger partial charge in [0.15, 0.2) is 12.6 Å². The second-order valence-corrected chi connectivity index (χ2v) is 10.6. The third kappa shape index (κ3) is 12.0. The molecule has 14 heteroatoms. The Morgan fingerprint density at radius 3 is 1.64 bits per heavy atom. The second kappa shape index (κ2) is 21.3. The Morgan fingerprint density at radius 1 is 0.700 bits per heavy atom. The molecule has 0 saturated carbocycles. The van der Waals surface area contributed by atoms with Gasteiger partial charge in [0.1, 0.15) is 16.8 Å². The van der Waals surface area contributed by atoms with Gasteiger partial charge in [-0.3, -0.25) is 9.59 Å². The summed E-state index contributed by atoms with van der Waals surface area (Å²) in [7, 11) is -1.59. The fraction of sp³-hybridized carbons (Fsp3) is 0.0833. The zero-order chi connectivity index (χ0) is 35.2. The van der Waals surface area contributed by atoms with Crippen LogP contribution in [0.4, 0.5) is 8.78 Å². The summed E-state index contributed by atoms with van der Waals surface area (Å²) in [6.45, 7) is 1.64. The Labute approximate surface area is 303 Å². The lowest BCUT2D eigenvalue weighted by Crippen LogP contribution is -2.29. The normalized spacial score (nSPS) is 9.84. The minimum Gasteiger partial charge on any atom is -0.423 e. The summed E-state index contributed by atoms with van der Waals surface area (Å²) >= 11 is 17.8. The molecule has 0 amide bonds. The molecule has 260 valence electrons. The fourth-order valence-electron chi connectivity index (χ4n) is 4.03. The number of halogens is 5. The van der Waals surface area contributed by atoms with E-state index in [4.69, 9.17) is 50.1 Å². The van der Waals surface area contributed by atoms with Crippen molar-refractivity contribution >= 4 is 88.0 Å². The van der Waals surface area contributed by atoms with Gasteiger partial charge in [-0.05, 0) is 73.1 Å². The number of carbonyl (C=O) groups is 2. The summed E-state index contributed by atoms with van der Waals surface area (Å²) < 4.78 is 25.6. The van der Waals surface area contributed by atoms with Crippen molar-refractivity contribution in [3.05, 3.63) is 135 Å². The molecule has 0 atom stereocenters. The molecule has 8 nitrogen and oxygen atoms in total. The molecular weight excluding hydrogens is 710 g/mol. The summed E-state index contributed by atoms with van der Waals surface area (Å²) in [6, 6.07) is 25.1. The number of oxime groups is 1.